The van der Waals surface area contributed by atoms with Crippen LogP contribution in [0.3, 0.4) is 0 Å². The van der Waals surface area contributed by atoms with Crippen molar-refractivity contribution in [3.05, 3.63) is 33.9 Å². The van der Waals surface area contributed by atoms with E-state index < -0.39 is 16.9 Å². The Hall–Kier alpha value is -1.99. The van der Waals surface area contributed by atoms with E-state index in [1.807, 2.05) is 0 Å². The Morgan fingerprint density at radius 1 is 1.61 bits per heavy atom. The summed E-state index contributed by atoms with van der Waals surface area (Å²) in [6.45, 7) is 1.78. The van der Waals surface area contributed by atoms with Gasteiger partial charge in [-0.1, -0.05) is 0 Å². The third-order valence-electron chi connectivity index (χ3n) is 2.36. The van der Waals surface area contributed by atoms with Crippen molar-refractivity contribution in [2.24, 2.45) is 5.73 Å². The fourth-order valence-corrected chi connectivity index (χ4v) is 1.38. The van der Waals surface area contributed by atoms with Crippen LogP contribution in [-0.4, -0.2) is 30.6 Å². The molecule has 1 amide bonds. The Labute approximate surface area is 104 Å². The van der Waals surface area contributed by atoms with Crippen LogP contribution in [0.2, 0.25) is 0 Å². The van der Waals surface area contributed by atoms with E-state index in [9.17, 15) is 14.9 Å². The molecule has 0 saturated carbocycles. The maximum atomic E-state index is 11.6. The number of amides is 1. The fraction of sp³-hybridized carbons (Fsp3) is 0.364. The summed E-state index contributed by atoms with van der Waals surface area (Å²) >= 11 is 0. The van der Waals surface area contributed by atoms with Gasteiger partial charge in [0.25, 0.3) is 5.69 Å². The highest BCUT2D eigenvalue weighted by Gasteiger charge is 2.15. The average molecular weight is 253 g/mol. The lowest BCUT2D eigenvalue weighted by atomic mass is 10.1. The molecule has 1 atom stereocenters. The second kappa shape index (κ2) is 6.08. The molecular weight excluding hydrogens is 238 g/mol. The van der Waals surface area contributed by atoms with E-state index in [4.69, 9.17) is 10.5 Å². The van der Waals surface area contributed by atoms with Crippen LogP contribution in [0.1, 0.15) is 5.56 Å². The summed E-state index contributed by atoms with van der Waals surface area (Å²) in [5.41, 5.74) is 6.63. The Kier molecular flexibility index (Phi) is 4.75. The van der Waals surface area contributed by atoms with E-state index in [1.165, 1.54) is 25.3 Å². The van der Waals surface area contributed by atoms with Gasteiger partial charge in [0.1, 0.15) is 6.04 Å². The number of nitrogens with two attached hydrogens (primary N) is 1. The number of hydrogen-bond donors (Lipinski definition) is 2. The highest BCUT2D eigenvalue weighted by Crippen LogP contribution is 2.21. The lowest BCUT2D eigenvalue weighted by Crippen LogP contribution is -2.39. The largest absolute Gasteiger partial charge is 0.383 e. The number of anilines is 1. The molecule has 1 unspecified atom stereocenters. The van der Waals surface area contributed by atoms with Gasteiger partial charge in [-0.2, -0.15) is 0 Å². The Morgan fingerprint density at radius 3 is 2.78 bits per heavy atom. The molecule has 0 aromatic heterocycles. The van der Waals surface area contributed by atoms with Crippen molar-refractivity contribution in [2.45, 2.75) is 13.0 Å². The number of carbonyl (C=O) groups is 1. The molecule has 7 nitrogen and oxygen atoms in total. The number of nitrogens with zero attached hydrogens (tertiary/aromatic N) is 1. The molecule has 98 valence electrons. The van der Waals surface area contributed by atoms with E-state index in [1.54, 1.807) is 6.92 Å². The molecule has 0 spiro atoms. The van der Waals surface area contributed by atoms with Crippen LogP contribution in [0.15, 0.2) is 18.2 Å². The summed E-state index contributed by atoms with van der Waals surface area (Å²) < 4.78 is 4.77. The summed E-state index contributed by atoms with van der Waals surface area (Å²) in [7, 11) is 1.45. The van der Waals surface area contributed by atoms with Gasteiger partial charge in [0.15, 0.2) is 0 Å². The number of carbonyl (C=O) groups excluding carboxylic acids is 1. The molecule has 1 aromatic rings. The molecule has 0 bridgehead atoms. The number of nitrogens with one attached hydrogen (secondary N) is 1. The molecule has 1 rings (SSSR count). The van der Waals surface area contributed by atoms with E-state index in [0.29, 0.717) is 11.3 Å². The second-order valence-corrected chi connectivity index (χ2v) is 3.81. The molecule has 0 heterocycles. The summed E-state index contributed by atoms with van der Waals surface area (Å²) in [5.74, 6) is -0.395. The number of rotatable bonds is 5. The fourth-order valence-electron chi connectivity index (χ4n) is 1.38. The summed E-state index contributed by atoms with van der Waals surface area (Å²) in [4.78, 5) is 21.7. The first-order valence-electron chi connectivity index (χ1n) is 5.26. The zero-order valence-electron chi connectivity index (χ0n) is 10.2. The van der Waals surface area contributed by atoms with Crippen LogP contribution in [0.25, 0.3) is 0 Å². The van der Waals surface area contributed by atoms with Crippen molar-refractivity contribution >= 4 is 17.3 Å². The quantitative estimate of drug-likeness (QED) is 0.596. The monoisotopic (exact) mass is 253 g/mol. The van der Waals surface area contributed by atoms with E-state index in [-0.39, 0.29) is 12.3 Å². The minimum Gasteiger partial charge on any atom is -0.383 e. The van der Waals surface area contributed by atoms with E-state index in [2.05, 4.69) is 5.32 Å². The number of benzene rings is 1. The van der Waals surface area contributed by atoms with Gasteiger partial charge >= 0.3 is 0 Å². The number of non-ortho nitro benzene ring substituents is 1. The van der Waals surface area contributed by atoms with Crippen molar-refractivity contribution < 1.29 is 14.5 Å². The van der Waals surface area contributed by atoms with Gasteiger partial charge < -0.3 is 15.8 Å². The Balaban J connectivity index is 2.79. The first kappa shape index (κ1) is 14.1. The number of ether oxygens (including phenoxy) is 1. The number of methoxy groups -OCH3 is 1. The first-order chi connectivity index (χ1) is 8.45. The predicted octanol–water partition coefficient (Wildman–Crippen LogP) is 0.815. The average Bonchev–Trinajstić information content (AvgIpc) is 2.31. The van der Waals surface area contributed by atoms with Crippen LogP contribution in [-0.2, 0) is 9.53 Å². The van der Waals surface area contributed by atoms with Gasteiger partial charge in [-0.15, -0.1) is 0 Å². The van der Waals surface area contributed by atoms with Gasteiger partial charge in [-0.05, 0) is 18.6 Å². The number of nitro benzene ring substituents is 1. The predicted molar refractivity (Wildman–Crippen MR) is 66.3 cm³/mol. The maximum Gasteiger partial charge on any atom is 0.269 e. The maximum absolute atomic E-state index is 11.6. The van der Waals surface area contributed by atoms with Gasteiger partial charge in [0, 0.05) is 24.9 Å². The van der Waals surface area contributed by atoms with Gasteiger partial charge in [-0.3, -0.25) is 14.9 Å². The van der Waals surface area contributed by atoms with Crippen molar-refractivity contribution in [2.75, 3.05) is 19.0 Å². The summed E-state index contributed by atoms with van der Waals surface area (Å²) in [6.07, 6.45) is 0. The highest BCUT2D eigenvalue weighted by atomic mass is 16.6. The van der Waals surface area contributed by atoms with Gasteiger partial charge in [0.2, 0.25) is 5.91 Å². The molecule has 0 radical (unpaired) electrons. The lowest BCUT2D eigenvalue weighted by Gasteiger charge is -2.12. The topological polar surface area (TPSA) is 107 Å². The molecule has 0 fully saturated rings. The molecule has 0 aliphatic carbocycles. The molecule has 0 aliphatic heterocycles. The van der Waals surface area contributed by atoms with Gasteiger partial charge in [-0.25, -0.2) is 0 Å². The SMILES string of the molecule is COCC(N)C(=O)Nc1ccc([N+](=O)[O-])cc1C. The number of aryl methyl sites for hydroxylation is 1. The normalized spacial score (nSPS) is 11.9. The third-order valence-corrected chi connectivity index (χ3v) is 2.36. The number of hydrogen-bond acceptors (Lipinski definition) is 5. The Bertz CT molecular complexity index is 462. The zero-order valence-corrected chi connectivity index (χ0v) is 10.2. The smallest absolute Gasteiger partial charge is 0.269 e. The minimum absolute atomic E-state index is 0.0216. The van der Waals surface area contributed by atoms with E-state index in [0.717, 1.165) is 0 Å². The molecular formula is C11H15N3O4. The number of nitro groups is 1. The van der Waals surface area contributed by atoms with Crippen molar-refractivity contribution in [1.29, 1.82) is 0 Å². The third kappa shape index (κ3) is 3.51. The molecule has 7 heteroatoms. The van der Waals surface area contributed by atoms with Crippen molar-refractivity contribution in [3.63, 3.8) is 0 Å². The molecule has 18 heavy (non-hydrogen) atoms. The van der Waals surface area contributed by atoms with Crippen LogP contribution >= 0.6 is 0 Å². The minimum atomic E-state index is -0.774. The molecule has 3 N–H and O–H groups in total. The summed E-state index contributed by atoms with van der Waals surface area (Å²) in [6, 6.07) is 3.41. The van der Waals surface area contributed by atoms with Crippen LogP contribution < -0.4 is 11.1 Å². The van der Waals surface area contributed by atoms with Crippen LogP contribution in [0, 0.1) is 17.0 Å². The molecule has 1 aromatic carbocycles. The summed E-state index contributed by atoms with van der Waals surface area (Å²) in [5, 5.41) is 13.2. The molecule has 0 saturated heterocycles. The highest BCUT2D eigenvalue weighted by molar-refractivity contribution is 5.95. The zero-order chi connectivity index (χ0) is 13.7. The lowest BCUT2D eigenvalue weighted by molar-refractivity contribution is -0.384. The van der Waals surface area contributed by atoms with Crippen molar-refractivity contribution in [3.8, 4) is 0 Å². The van der Waals surface area contributed by atoms with Crippen LogP contribution in [0.5, 0.6) is 0 Å². The molecule has 0 aliphatic rings. The van der Waals surface area contributed by atoms with E-state index >= 15 is 0 Å². The van der Waals surface area contributed by atoms with Crippen LogP contribution in [0.4, 0.5) is 11.4 Å². The van der Waals surface area contributed by atoms with Gasteiger partial charge in [0.05, 0.1) is 11.5 Å². The second-order valence-electron chi connectivity index (χ2n) is 3.81. The first-order valence-corrected chi connectivity index (χ1v) is 5.26. The van der Waals surface area contributed by atoms with Crippen molar-refractivity contribution in [1.82, 2.24) is 0 Å². The Morgan fingerprint density at radius 2 is 2.28 bits per heavy atom. The standard InChI is InChI=1S/C11H15N3O4/c1-7-5-8(14(16)17)3-4-10(7)13-11(15)9(12)6-18-2/h3-5,9H,6,12H2,1-2H3,(H,13,15).